The van der Waals surface area contributed by atoms with Gasteiger partial charge in [-0.3, -0.25) is 9.50 Å². The first-order valence-corrected chi connectivity index (χ1v) is 6.17. The van der Waals surface area contributed by atoms with Crippen molar-refractivity contribution in [3.05, 3.63) is 17.8 Å². The van der Waals surface area contributed by atoms with E-state index in [1.807, 2.05) is 4.40 Å². The van der Waals surface area contributed by atoms with Crippen molar-refractivity contribution in [3.63, 3.8) is 0 Å². The average molecular weight is 244 g/mol. The highest BCUT2D eigenvalue weighted by Gasteiger charge is 2.18. The summed E-state index contributed by atoms with van der Waals surface area (Å²) < 4.78 is 1.95. The Morgan fingerprint density at radius 3 is 2.61 bits per heavy atom. The quantitative estimate of drug-likeness (QED) is 0.750. The highest BCUT2D eigenvalue weighted by molar-refractivity contribution is 5.91. The van der Waals surface area contributed by atoms with E-state index in [9.17, 15) is 0 Å². The number of H-pyrrole nitrogens is 1. The molecule has 0 saturated heterocycles. The third kappa shape index (κ3) is 1.41. The van der Waals surface area contributed by atoms with E-state index in [1.165, 1.54) is 0 Å². The van der Waals surface area contributed by atoms with Crippen LogP contribution >= 0.6 is 0 Å². The van der Waals surface area contributed by atoms with Gasteiger partial charge in [0, 0.05) is 5.92 Å². The lowest BCUT2D eigenvalue weighted by molar-refractivity contribution is 0.757. The normalized spacial score (nSPS) is 12.3. The molecule has 3 rings (SSSR count). The van der Waals surface area contributed by atoms with Crippen LogP contribution in [-0.4, -0.2) is 29.8 Å². The fraction of sp³-hybridized carbons (Fsp3) is 0.500. The molecule has 6 heteroatoms. The lowest BCUT2D eigenvalue weighted by atomic mass is 10.1. The van der Waals surface area contributed by atoms with Crippen molar-refractivity contribution in [2.75, 3.05) is 0 Å². The monoisotopic (exact) mass is 244 g/mol. The number of hydrogen-bond acceptors (Lipinski definition) is 4. The zero-order chi connectivity index (χ0) is 12.9. The Morgan fingerprint density at radius 1 is 1.17 bits per heavy atom. The predicted molar refractivity (Wildman–Crippen MR) is 68.6 cm³/mol. The van der Waals surface area contributed by atoms with Gasteiger partial charge in [0.05, 0.1) is 11.1 Å². The van der Waals surface area contributed by atoms with Crippen molar-refractivity contribution in [1.29, 1.82) is 0 Å². The zero-order valence-corrected chi connectivity index (χ0v) is 11.0. The van der Waals surface area contributed by atoms with Gasteiger partial charge >= 0.3 is 0 Å². The smallest absolute Gasteiger partial charge is 0.175 e. The van der Waals surface area contributed by atoms with Crippen LogP contribution in [-0.2, 0) is 0 Å². The van der Waals surface area contributed by atoms with Crippen LogP contribution in [0.25, 0.3) is 16.7 Å². The van der Waals surface area contributed by atoms with Gasteiger partial charge < -0.3 is 0 Å². The molecule has 3 heterocycles. The molecular formula is C12H16N6. The molecule has 0 aliphatic rings. The van der Waals surface area contributed by atoms with Gasteiger partial charge in [-0.15, -0.1) is 10.2 Å². The summed E-state index contributed by atoms with van der Waals surface area (Å²) in [7, 11) is 0. The standard InChI is InChI=1S/C12H16N6/c1-6(2)9-8-10(16-15-9)14-11(7(3)4)18-5-13-17-12(8)18/h5-7H,1-4H3,(H,15,16). The van der Waals surface area contributed by atoms with Gasteiger partial charge in [0.15, 0.2) is 11.3 Å². The molecule has 3 aromatic rings. The molecule has 94 valence electrons. The second kappa shape index (κ2) is 3.76. The molecule has 6 nitrogen and oxygen atoms in total. The Kier molecular flexibility index (Phi) is 2.33. The summed E-state index contributed by atoms with van der Waals surface area (Å²) in [5, 5.41) is 16.6. The molecule has 0 unspecified atom stereocenters. The van der Waals surface area contributed by atoms with Crippen LogP contribution < -0.4 is 0 Å². The topological polar surface area (TPSA) is 71.8 Å². The fourth-order valence-electron chi connectivity index (χ4n) is 2.21. The van der Waals surface area contributed by atoms with Gasteiger partial charge in [-0.1, -0.05) is 27.7 Å². The summed E-state index contributed by atoms with van der Waals surface area (Å²) in [5.74, 6) is 1.58. The Balaban J connectivity index is 2.47. The second-order valence-corrected chi connectivity index (χ2v) is 5.14. The first-order chi connectivity index (χ1) is 8.59. The Labute approximate surface area is 104 Å². The number of nitrogens with one attached hydrogen (secondary N) is 1. The van der Waals surface area contributed by atoms with Gasteiger partial charge in [0.1, 0.15) is 12.2 Å². The molecule has 0 aliphatic carbocycles. The molecule has 0 radical (unpaired) electrons. The van der Waals surface area contributed by atoms with Gasteiger partial charge in [-0.05, 0) is 5.92 Å². The number of hydrogen-bond donors (Lipinski definition) is 1. The lowest BCUT2D eigenvalue weighted by Crippen LogP contribution is -2.03. The predicted octanol–water partition coefficient (Wildman–Crippen LogP) is 2.25. The highest BCUT2D eigenvalue weighted by Crippen LogP contribution is 2.27. The third-order valence-corrected chi connectivity index (χ3v) is 3.08. The van der Waals surface area contributed by atoms with Crippen molar-refractivity contribution in [2.45, 2.75) is 39.5 Å². The van der Waals surface area contributed by atoms with Crippen LogP contribution in [0.1, 0.15) is 51.0 Å². The largest absolute Gasteiger partial charge is 0.268 e. The summed E-state index contributed by atoms with van der Waals surface area (Å²) in [6, 6.07) is 0. The van der Waals surface area contributed by atoms with Crippen LogP contribution in [0.5, 0.6) is 0 Å². The number of aromatic nitrogens is 6. The molecule has 0 aliphatic heterocycles. The van der Waals surface area contributed by atoms with Crippen LogP contribution in [0.3, 0.4) is 0 Å². The molecule has 0 saturated carbocycles. The number of fused-ring (bicyclic) bond motifs is 3. The van der Waals surface area contributed by atoms with E-state index < -0.39 is 0 Å². The average Bonchev–Trinajstić information content (AvgIpc) is 2.93. The van der Waals surface area contributed by atoms with Crippen LogP contribution in [0.2, 0.25) is 0 Å². The van der Waals surface area contributed by atoms with Gasteiger partial charge in [-0.2, -0.15) is 5.10 Å². The van der Waals surface area contributed by atoms with Crippen LogP contribution in [0.4, 0.5) is 0 Å². The maximum absolute atomic E-state index is 4.64. The molecule has 1 N–H and O–H groups in total. The van der Waals surface area contributed by atoms with E-state index >= 15 is 0 Å². The van der Waals surface area contributed by atoms with Crippen molar-refractivity contribution in [1.82, 2.24) is 29.8 Å². The van der Waals surface area contributed by atoms with Gasteiger partial charge in [0.25, 0.3) is 0 Å². The molecule has 0 aromatic carbocycles. The summed E-state index contributed by atoms with van der Waals surface area (Å²) >= 11 is 0. The van der Waals surface area contributed by atoms with Gasteiger partial charge in [0.2, 0.25) is 0 Å². The molecule has 0 atom stereocenters. The molecule has 0 fully saturated rings. The van der Waals surface area contributed by atoms with Gasteiger partial charge in [-0.25, -0.2) is 4.98 Å². The first-order valence-electron chi connectivity index (χ1n) is 6.17. The number of aromatic amines is 1. The number of rotatable bonds is 2. The molecule has 3 aromatic heterocycles. The van der Waals surface area contributed by atoms with Crippen LogP contribution in [0, 0.1) is 0 Å². The zero-order valence-electron chi connectivity index (χ0n) is 11.0. The molecule has 0 amide bonds. The van der Waals surface area contributed by atoms with E-state index in [4.69, 9.17) is 0 Å². The molecule has 18 heavy (non-hydrogen) atoms. The minimum Gasteiger partial charge on any atom is -0.268 e. The first kappa shape index (κ1) is 11.1. The summed E-state index contributed by atoms with van der Waals surface area (Å²) in [6.07, 6.45) is 1.72. The SMILES string of the molecule is CC(C)c1n[nH]c2nc(C(C)C)n3cnnc3c12. The van der Waals surface area contributed by atoms with Crippen molar-refractivity contribution < 1.29 is 0 Å². The molecule has 0 spiro atoms. The van der Waals surface area contributed by atoms with Crippen molar-refractivity contribution in [3.8, 4) is 0 Å². The van der Waals surface area contributed by atoms with Crippen molar-refractivity contribution >= 4 is 16.7 Å². The number of nitrogens with zero attached hydrogens (tertiary/aromatic N) is 5. The van der Waals surface area contributed by atoms with E-state index in [2.05, 4.69) is 53.1 Å². The third-order valence-electron chi connectivity index (χ3n) is 3.08. The second-order valence-electron chi connectivity index (χ2n) is 5.14. The highest BCUT2D eigenvalue weighted by atomic mass is 15.3. The Bertz CT molecular complexity index is 706. The fourth-order valence-corrected chi connectivity index (χ4v) is 2.21. The molecule has 0 bridgehead atoms. The maximum atomic E-state index is 4.64. The Hall–Kier alpha value is -1.98. The summed E-state index contributed by atoms with van der Waals surface area (Å²) in [5.41, 5.74) is 2.62. The van der Waals surface area contributed by atoms with Crippen LogP contribution in [0.15, 0.2) is 6.33 Å². The Morgan fingerprint density at radius 2 is 1.94 bits per heavy atom. The van der Waals surface area contributed by atoms with E-state index in [-0.39, 0.29) is 0 Å². The minimum absolute atomic E-state index is 0.304. The summed E-state index contributed by atoms with van der Waals surface area (Å²) in [6.45, 7) is 8.43. The maximum Gasteiger partial charge on any atom is 0.175 e. The van der Waals surface area contributed by atoms with E-state index in [0.717, 1.165) is 28.2 Å². The van der Waals surface area contributed by atoms with Crippen molar-refractivity contribution in [2.24, 2.45) is 0 Å². The summed E-state index contributed by atoms with van der Waals surface area (Å²) in [4.78, 5) is 4.64. The minimum atomic E-state index is 0.304. The van der Waals surface area contributed by atoms with E-state index in [1.54, 1.807) is 6.33 Å². The lowest BCUT2D eigenvalue weighted by Gasteiger charge is -2.08. The van der Waals surface area contributed by atoms with E-state index in [0.29, 0.717) is 11.8 Å². The molecular weight excluding hydrogens is 228 g/mol.